The van der Waals surface area contributed by atoms with Gasteiger partial charge in [0.2, 0.25) is 0 Å². The van der Waals surface area contributed by atoms with Crippen LogP contribution in [-0.2, 0) is 4.74 Å². The minimum Gasteiger partial charge on any atom is -0.375 e. The average Bonchev–Trinajstić information content (AvgIpc) is 2.84. The highest BCUT2D eigenvalue weighted by molar-refractivity contribution is 5.21. The number of hydrogen-bond acceptors (Lipinski definition) is 2. The number of benzene rings is 1. The van der Waals surface area contributed by atoms with Crippen LogP contribution in [0.15, 0.2) is 24.3 Å². The molecule has 1 aliphatic heterocycles. The van der Waals surface area contributed by atoms with E-state index in [2.05, 4.69) is 19.2 Å². The van der Waals surface area contributed by atoms with E-state index in [1.807, 2.05) is 12.1 Å². The van der Waals surface area contributed by atoms with E-state index < -0.39 is 0 Å². The van der Waals surface area contributed by atoms with E-state index in [1.165, 1.54) is 5.56 Å². The molecule has 1 aromatic rings. The van der Waals surface area contributed by atoms with E-state index in [4.69, 9.17) is 4.74 Å². The lowest BCUT2D eigenvalue weighted by Crippen LogP contribution is -2.25. The Kier molecular flexibility index (Phi) is 5.99. The van der Waals surface area contributed by atoms with Gasteiger partial charge >= 0.3 is 0 Å². The molecule has 0 saturated carbocycles. The van der Waals surface area contributed by atoms with Gasteiger partial charge in [0.05, 0.1) is 12.2 Å². The Labute approximate surface area is 121 Å². The first-order valence-corrected chi connectivity index (χ1v) is 7.80. The molecule has 1 saturated heterocycles. The lowest BCUT2D eigenvalue weighted by atomic mass is 9.92. The summed E-state index contributed by atoms with van der Waals surface area (Å²) in [5, 5.41) is 3.48. The molecule has 3 unspecified atom stereocenters. The van der Waals surface area contributed by atoms with Gasteiger partial charge in [0.15, 0.2) is 0 Å². The number of nitrogens with one attached hydrogen (secondary N) is 1. The fourth-order valence-corrected chi connectivity index (χ4v) is 2.90. The Balaban J connectivity index is 1.97. The van der Waals surface area contributed by atoms with Gasteiger partial charge in [-0.1, -0.05) is 19.1 Å². The van der Waals surface area contributed by atoms with Crippen molar-refractivity contribution in [2.75, 3.05) is 13.1 Å². The van der Waals surface area contributed by atoms with Gasteiger partial charge in [-0.2, -0.15) is 0 Å². The minimum atomic E-state index is -0.167. The Morgan fingerprint density at radius 2 is 2.05 bits per heavy atom. The summed E-state index contributed by atoms with van der Waals surface area (Å²) in [5.74, 6) is 0.234. The van der Waals surface area contributed by atoms with Crippen molar-refractivity contribution < 1.29 is 9.13 Å². The molecule has 2 nitrogen and oxygen atoms in total. The van der Waals surface area contributed by atoms with Gasteiger partial charge in [-0.05, 0) is 62.8 Å². The Bertz CT molecular complexity index is 392. The smallest absolute Gasteiger partial charge is 0.123 e. The predicted octanol–water partition coefficient (Wildman–Crippen LogP) is 3.87. The van der Waals surface area contributed by atoms with Crippen LogP contribution >= 0.6 is 0 Å². The molecule has 0 aromatic heterocycles. The molecule has 112 valence electrons. The number of hydrogen-bond donors (Lipinski definition) is 1. The van der Waals surface area contributed by atoms with E-state index in [1.54, 1.807) is 12.1 Å². The summed E-state index contributed by atoms with van der Waals surface area (Å²) in [7, 11) is 0. The van der Waals surface area contributed by atoms with Gasteiger partial charge in [-0.3, -0.25) is 0 Å². The van der Waals surface area contributed by atoms with Crippen molar-refractivity contribution in [2.45, 2.75) is 57.7 Å². The molecule has 0 bridgehead atoms. The largest absolute Gasteiger partial charge is 0.375 e. The molecule has 0 aliphatic carbocycles. The van der Waals surface area contributed by atoms with Crippen LogP contribution in [0.25, 0.3) is 0 Å². The SMILES string of the molecule is CCCNCC(CC1CCC(C)O1)c1ccc(F)cc1. The number of halogens is 1. The molecule has 1 aromatic carbocycles. The summed E-state index contributed by atoms with van der Waals surface area (Å²) in [6.07, 6.45) is 5.19. The summed E-state index contributed by atoms with van der Waals surface area (Å²) in [5.41, 5.74) is 1.21. The molecular formula is C17H26FNO. The highest BCUT2D eigenvalue weighted by Gasteiger charge is 2.25. The van der Waals surface area contributed by atoms with Crippen LogP contribution < -0.4 is 5.32 Å². The Morgan fingerprint density at radius 1 is 1.30 bits per heavy atom. The third-order valence-corrected chi connectivity index (χ3v) is 4.03. The van der Waals surface area contributed by atoms with Crippen LogP contribution in [0.4, 0.5) is 4.39 Å². The average molecular weight is 279 g/mol. The molecule has 1 N–H and O–H groups in total. The fraction of sp³-hybridized carbons (Fsp3) is 0.647. The van der Waals surface area contributed by atoms with Crippen molar-refractivity contribution in [1.29, 1.82) is 0 Å². The van der Waals surface area contributed by atoms with Crippen molar-refractivity contribution in [2.24, 2.45) is 0 Å². The Morgan fingerprint density at radius 3 is 2.65 bits per heavy atom. The quantitative estimate of drug-likeness (QED) is 0.765. The van der Waals surface area contributed by atoms with Gasteiger partial charge in [0.25, 0.3) is 0 Å². The molecule has 1 aliphatic rings. The zero-order valence-corrected chi connectivity index (χ0v) is 12.6. The molecule has 1 fully saturated rings. The van der Waals surface area contributed by atoms with Crippen molar-refractivity contribution in [3.05, 3.63) is 35.6 Å². The van der Waals surface area contributed by atoms with Gasteiger partial charge in [-0.25, -0.2) is 4.39 Å². The van der Waals surface area contributed by atoms with Gasteiger partial charge in [0.1, 0.15) is 5.82 Å². The molecule has 0 amide bonds. The molecule has 3 atom stereocenters. The van der Waals surface area contributed by atoms with Gasteiger partial charge in [-0.15, -0.1) is 0 Å². The second-order valence-electron chi connectivity index (χ2n) is 5.83. The lowest BCUT2D eigenvalue weighted by Gasteiger charge is -2.22. The zero-order valence-electron chi connectivity index (χ0n) is 12.6. The molecule has 0 spiro atoms. The Hall–Kier alpha value is -0.930. The van der Waals surface area contributed by atoms with Crippen LogP contribution in [-0.4, -0.2) is 25.3 Å². The normalized spacial score (nSPS) is 23.9. The molecule has 0 radical (unpaired) electrons. The maximum atomic E-state index is 13.1. The van der Waals surface area contributed by atoms with Crippen LogP contribution in [0.5, 0.6) is 0 Å². The lowest BCUT2D eigenvalue weighted by molar-refractivity contribution is 0.0466. The molecule has 2 rings (SSSR count). The van der Waals surface area contributed by atoms with Crippen molar-refractivity contribution in [3.63, 3.8) is 0 Å². The maximum Gasteiger partial charge on any atom is 0.123 e. The highest BCUT2D eigenvalue weighted by atomic mass is 19.1. The first kappa shape index (κ1) is 15.5. The number of ether oxygens (including phenoxy) is 1. The highest BCUT2D eigenvalue weighted by Crippen LogP contribution is 2.29. The third-order valence-electron chi connectivity index (χ3n) is 4.03. The molecule has 1 heterocycles. The van der Waals surface area contributed by atoms with Crippen LogP contribution in [0.3, 0.4) is 0 Å². The van der Waals surface area contributed by atoms with E-state index in [9.17, 15) is 4.39 Å². The van der Waals surface area contributed by atoms with Crippen molar-refractivity contribution >= 4 is 0 Å². The molecule has 3 heteroatoms. The molecular weight excluding hydrogens is 253 g/mol. The summed E-state index contributed by atoms with van der Waals surface area (Å²) >= 11 is 0. The molecule has 20 heavy (non-hydrogen) atoms. The fourth-order valence-electron chi connectivity index (χ4n) is 2.90. The topological polar surface area (TPSA) is 21.3 Å². The maximum absolute atomic E-state index is 13.1. The monoisotopic (exact) mass is 279 g/mol. The van der Waals surface area contributed by atoms with Crippen LogP contribution in [0, 0.1) is 5.82 Å². The second-order valence-corrected chi connectivity index (χ2v) is 5.83. The van der Waals surface area contributed by atoms with Crippen molar-refractivity contribution in [1.82, 2.24) is 5.32 Å². The summed E-state index contributed by atoms with van der Waals surface area (Å²) in [6.45, 7) is 6.28. The number of rotatable bonds is 7. The third kappa shape index (κ3) is 4.57. The zero-order chi connectivity index (χ0) is 14.4. The van der Waals surface area contributed by atoms with E-state index >= 15 is 0 Å². The first-order chi connectivity index (χ1) is 9.69. The van der Waals surface area contributed by atoms with Gasteiger partial charge in [0, 0.05) is 6.54 Å². The minimum absolute atomic E-state index is 0.167. The van der Waals surface area contributed by atoms with Crippen LogP contribution in [0.1, 0.15) is 51.0 Å². The predicted molar refractivity (Wildman–Crippen MR) is 80.5 cm³/mol. The summed E-state index contributed by atoms with van der Waals surface area (Å²) in [6, 6.07) is 6.93. The van der Waals surface area contributed by atoms with Crippen molar-refractivity contribution in [3.8, 4) is 0 Å². The standard InChI is InChI=1S/C17H26FNO/c1-3-10-19-12-15(11-17-9-4-13(2)20-17)14-5-7-16(18)8-6-14/h5-8,13,15,17,19H,3-4,9-12H2,1-2H3. The first-order valence-electron chi connectivity index (χ1n) is 7.80. The summed E-state index contributed by atoms with van der Waals surface area (Å²) in [4.78, 5) is 0. The summed E-state index contributed by atoms with van der Waals surface area (Å²) < 4.78 is 19.0. The van der Waals surface area contributed by atoms with E-state index in [0.717, 1.165) is 38.8 Å². The van der Waals surface area contributed by atoms with Crippen LogP contribution in [0.2, 0.25) is 0 Å². The van der Waals surface area contributed by atoms with E-state index in [-0.39, 0.29) is 5.82 Å². The van der Waals surface area contributed by atoms with E-state index in [0.29, 0.717) is 18.1 Å². The second kappa shape index (κ2) is 7.75. The van der Waals surface area contributed by atoms with Gasteiger partial charge < -0.3 is 10.1 Å².